The standard InChI is InChI=1S/C18H14F3N5OS/c19-18(20,21)16-24-25-17(26(16)22)28-9-14(27)23-15-12-7-3-1-5-10(12)11-6-2-4-8-13(11)15/h1-8,15H,9,22H2,(H,23,27). The number of alkyl halides is 3. The highest BCUT2D eigenvalue weighted by molar-refractivity contribution is 7.99. The zero-order valence-electron chi connectivity index (χ0n) is 14.3. The number of thioether (sulfide) groups is 1. The second-order valence-corrected chi connectivity index (χ2v) is 7.08. The lowest BCUT2D eigenvalue weighted by molar-refractivity contribution is -0.146. The summed E-state index contributed by atoms with van der Waals surface area (Å²) in [5, 5.41) is 9.20. The minimum Gasteiger partial charge on any atom is -0.344 e. The van der Waals surface area contributed by atoms with Crippen LogP contribution in [-0.2, 0) is 11.0 Å². The van der Waals surface area contributed by atoms with Gasteiger partial charge in [-0.25, -0.2) is 4.68 Å². The molecule has 0 saturated heterocycles. The molecule has 0 fully saturated rings. The molecule has 0 saturated carbocycles. The van der Waals surface area contributed by atoms with Crippen molar-refractivity contribution in [2.24, 2.45) is 0 Å². The third-order valence-corrected chi connectivity index (χ3v) is 5.33. The number of fused-ring (bicyclic) bond motifs is 3. The topological polar surface area (TPSA) is 85.8 Å². The molecule has 0 aliphatic heterocycles. The van der Waals surface area contributed by atoms with Gasteiger partial charge in [0.25, 0.3) is 5.82 Å². The van der Waals surface area contributed by atoms with E-state index in [1.165, 1.54) is 0 Å². The summed E-state index contributed by atoms with van der Waals surface area (Å²) in [6, 6.07) is 15.2. The van der Waals surface area contributed by atoms with Gasteiger partial charge in [0.2, 0.25) is 11.1 Å². The average molecular weight is 405 g/mol. The third-order valence-electron chi connectivity index (χ3n) is 4.39. The summed E-state index contributed by atoms with van der Waals surface area (Å²) >= 11 is 0.790. The molecular weight excluding hydrogens is 391 g/mol. The summed E-state index contributed by atoms with van der Waals surface area (Å²) in [7, 11) is 0. The van der Waals surface area contributed by atoms with Crippen molar-refractivity contribution < 1.29 is 18.0 Å². The summed E-state index contributed by atoms with van der Waals surface area (Å²) in [5.41, 5.74) is 4.05. The number of nitrogen functional groups attached to an aromatic ring is 1. The SMILES string of the molecule is Nn1c(SCC(=O)NC2c3ccccc3-c3ccccc32)nnc1C(F)(F)F. The Morgan fingerprint density at radius 3 is 2.18 bits per heavy atom. The largest absolute Gasteiger partial charge is 0.453 e. The number of amides is 1. The van der Waals surface area contributed by atoms with Gasteiger partial charge in [-0.1, -0.05) is 60.3 Å². The number of nitrogens with two attached hydrogens (primary N) is 1. The van der Waals surface area contributed by atoms with Gasteiger partial charge in [-0.05, 0) is 22.3 Å². The highest BCUT2D eigenvalue weighted by Gasteiger charge is 2.38. The van der Waals surface area contributed by atoms with Crippen molar-refractivity contribution >= 4 is 17.7 Å². The first-order chi connectivity index (χ1) is 13.4. The lowest BCUT2D eigenvalue weighted by Gasteiger charge is -2.15. The van der Waals surface area contributed by atoms with Gasteiger partial charge in [0.1, 0.15) is 0 Å². The van der Waals surface area contributed by atoms with Crippen molar-refractivity contribution in [3.63, 3.8) is 0 Å². The third kappa shape index (κ3) is 3.19. The molecule has 0 spiro atoms. The summed E-state index contributed by atoms with van der Waals surface area (Å²) in [5.74, 6) is 3.58. The number of nitrogens with zero attached hydrogens (tertiary/aromatic N) is 3. The molecule has 3 N–H and O–H groups in total. The molecule has 1 aromatic heterocycles. The molecule has 6 nitrogen and oxygen atoms in total. The number of rotatable bonds is 4. The number of aromatic nitrogens is 3. The minimum absolute atomic E-state index is 0.145. The van der Waals surface area contributed by atoms with Crippen molar-refractivity contribution in [2.75, 3.05) is 11.6 Å². The maximum absolute atomic E-state index is 12.7. The van der Waals surface area contributed by atoms with Crippen LogP contribution in [0.25, 0.3) is 11.1 Å². The Labute approximate surface area is 161 Å². The Hall–Kier alpha value is -3.01. The van der Waals surface area contributed by atoms with E-state index in [0.29, 0.717) is 4.68 Å². The Morgan fingerprint density at radius 2 is 1.64 bits per heavy atom. The maximum Gasteiger partial charge on any atom is 0.453 e. The summed E-state index contributed by atoms with van der Waals surface area (Å²) in [4.78, 5) is 12.5. The van der Waals surface area contributed by atoms with Crippen LogP contribution in [0.4, 0.5) is 13.2 Å². The molecule has 0 unspecified atom stereocenters. The number of nitrogens with one attached hydrogen (secondary N) is 1. The van der Waals surface area contributed by atoms with Crippen LogP contribution in [-0.4, -0.2) is 26.5 Å². The van der Waals surface area contributed by atoms with Crippen LogP contribution in [0.2, 0.25) is 0 Å². The second kappa shape index (κ2) is 6.86. The molecule has 1 aliphatic carbocycles. The Balaban J connectivity index is 1.49. The average Bonchev–Trinajstić information content (AvgIpc) is 3.19. The van der Waals surface area contributed by atoms with Crippen LogP contribution in [0.1, 0.15) is 23.0 Å². The van der Waals surface area contributed by atoms with Crippen LogP contribution in [0.15, 0.2) is 53.7 Å². The Bertz CT molecular complexity index is 1000. The Morgan fingerprint density at radius 1 is 1.07 bits per heavy atom. The molecule has 2 aromatic carbocycles. The summed E-state index contributed by atoms with van der Waals surface area (Å²) in [6.07, 6.45) is -4.71. The number of carbonyl (C=O) groups is 1. The minimum atomic E-state index is -4.71. The van der Waals surface area contributed by atoms with E-state index in [0.717, 1.165) is 34.0 Å². The molecule has 0 bridgehead atoms. The first-order valence-corrected chi connectivity index (χ1v) is 9.23. The van der Waals surface area contributed by atoms with Crippen molar-refractivity contribution in [1.29, 1.82) is 0 Å². The van der Waals surface area contributed by atoms with Gasteiger partial charge in [0, 0.05) is 0 Å². The first-order valence-electron chi connectivity index (χ1n) is 8.24. The molecule has 0 radical (unpaired) electrons. The van der Waals surface area contributed by atoms with E-state index >= 15 is 0 Å². The number of hydrogen-bond acceptors (Lipinski definition) is 5. The van der Waals surface area contributed by atoms with Gasteiger partial charge in [-0.2, -0.15) is 13.2 Å². The number of benzene rings is 2. The van der Waals surface area contributed by atoms with Crippen LogP contribution in [0, 0.1) is 0 Å². The van der Waals surface area contributed by atoms with E-state index in [9.17, 15) is 18.0 Å². The fourth-order valence-corrected chi connectivity index (χ4v) is 3.88. The van der Waals surface area contributed by atoms with E-state index < -0.39 is 12.0 Å². The van der Waals surface area contributed by atoms with Crippen LogP contribution < -0.4 is 11.2 Å². The van der Waals surface area contributed by atoms with Gasteiger partial charge in [0.05, 0.1) is 11.8 Å². The quantitative estimate of drug-likeness (QED) is 0.515. The smallest absolute Gasteiger partial charge is 0.344 e. The summed E-state index contributed by atoms with van der Waals surface area (Å²) in [6.45, 7) is 0. The normalized spacial score (nSPS) is 13.2. The zero-order valence-corrected chi connectivity index (χ0v) is 15.1. The van der Waals surface area contributed by atoms with E-state index in [2.05, 4.69) is 15.5 Å². The van der Waals surface area contributed by atoms with Gasteiger partial charge in [0.15, 0.2) is 0 Å². The predicted molar refractivity (Wildman–Crippen MR) is 97.8 cm³/mol. The maximum atomic E-state index is 12.7. The van der Waals surface area contributed by atoms with E-state index in [-0.39, 0.29) is 22.9 Å². The molecular formula is C18H14F3N5OS. The molecule has 1 aliphatic rings. The van der Waals surface area contributed by atoms with Crippen molar-refractivity contribution in [3.8, 4) is 11.1 Å². The van der Waals surface area contributed by atoms with Crippen LogP contribution in [0.5, 0.6) is 0 Å². The van der Waals surface area contributed by atoms with Crippen LogP contribution in [0.3, 0.4) is 0 Å². The number of carbonyl (C=O) groups excluding carboxylic acids is 1. The summed E-state index contributed by atoms with van der Waals surface area (Å²) < 4.78 is 38.5. The molecule has 4 rings (SSSR count). The predicted octanol–water partition coefficient (Wildman–Crippen LogP) is 2.99. The fraction of sp³-hybridized carbons (Fsp3) is 0.167. The van der Waals surface area contributed by atoms with Gasteiger partial charge >= 0.3 is 6.18 Å². The van der Waals surface area contributed by atoms with E-state index in [4.69, 9.17) is 5.84 Å². The lowest BCUT2D eigenvalue weighted by atomic mass is 10.1. The fourth-order valence-electron chi connectivity index (χ4n) is 3.21. The first kappa shape index (κ1) is 18.4. The molecule has 28 heavy (non-hydrogen) atoms. The van der Waals surface area contributed by atoms with Crippen molar-refractivity contribution in [1.82, 2.24) is 20.2 Å². The lowest BCUT2D eigenvalue weighted by Crippen LogP contribution is -2.29. The van der Waals surface area contributed by atoms with Gasteiger partial charge in [-0.3, -0.25) is 4.79 Å². The monoisotopic (exact) mass is 405 g/mol. The second-order valence-electron chi connectivity index (χ2n) is 6.14. The molecule has 144 valence electrons. The zero-order chi connectivity index (χ0) is 19.9. The van der Waals surface area contributed by atoms with Gasteiger partial charge < -0.3 is 11.2 Å². The van der Waals surface area contributed by atoms with Crippen molar-refractivity contribution in [3.05, 3.63) is 65.5 Å². The Kier molecular flexibility index (Phi) is 4.50. The molecule has 1 heterocycles. The molecule has 1 amide bonds. The molecule has 3 aromatic rings. The molecule has 0 atom stereocenters. The van der Waals surface area contributed by atoms with E-state index in [1.807, 2.05) is 48.5 Å². The van der Waals surface area contributed by atoms with Crippen LogP contribution >= 0.6 is 11.8 Å². The van der Waals surface area contributed by atoms with Gasteiger partial charge in [-0.15, -0.1) is 10.2 Å². The van der Waals surface area contributed by atoms with Crippen molar-refractivity contribution in [2.45, 2.75) is 17.4 Å². The number of halogens is 3. The van der Waals surface area contributed by atoms with E-state index in [1.54, 1.807) is 0 Å². The number of hydrogen-bond donors (Lipinski definition) is 2. The molecule has 10 heteroatoms. The highest BCUT2D eigenvalue weighted by Crippen LogP contribution is 2.43. The highest BCUT2D eigenvalue weighted by atomic mass is 32.2.